The van der Waals surface area contributed by atoms with Gasteiger partial charge in [0.05, 0.1) is 6.61 Å². The van der Waals surface area contributed by atoms with E-state index in [1.165, 1.54) is 18.4 Å². The lowest BCUT2D eigenvalue weighted by Gasteiger charge is -2.20. The number of ether oxygens (including phenoxy) is 1. The molecule has 0 aliphatic heterocycles. The van der Waals surface area contributed by atoms with Gasteiger partial charge in [0, 0.05) is 12.6 Å². The summed E-state index contributed by atoms with van der Waals surface area (Å²) in [6, 6.07) is 8.94. The van der Waals surface area contributed by atoms with Crippen LogP contribution in [0.2, 0.25) is 0 Å². The van der Waals surface area contributed by atoms with E-state index in [1.807, 2.05) is 13.0 Å². The molecule has 1 unspecified atom stereocenters. The maximum absolute atomic E-state index is 5.51. The third kappa shape index (κ3) is 3.22. The van der Waals surface area contributed by atoms with Crippen molar-refractivity contribution in [3.05, 3.63) is 29.8 Å². The number of rotatable bonds is 6. The summed E-state index contributed by atoms with van der Waals surface area (Å²) in [5, 5.41) is 3.62. The van der Waals surface area contributed by atoms with Gasteiger partial charge in [-0.05, 0) is 49.8 Å². The van der Waals surface area contributed by atoms with E-state index >= 15 is 0 Å². The van der Waals surface area contributed by atoms with E-state index in [1.54, 1.807) is 0 Å². The minimum atomic E-state index is 0.539. The van der Waals surface area contributed by atoms with Crippen LogP contribution in [0.15, 0.2) is 24.3 Å². The van der Waals surface area contributed by atoms with Crippen molar-refractivity contribution in [2.75, 3.05) is 6.61 Å². The van der Waals surface area contributed by atoms with Crippen molar-refractivity contribution in [1.82, 2.24) is 5.32 Å². The fraction of sp³-hybridized carbons (Fsp3) is 0.600. The molecule has 0 bridgehead atoms. The smallest absolute Gasteiger partial charge is 0.119 e. The average Bonchev–Trinajstić information content (AvgIpc) is 3.07. The molecule has 1 aromatic carbocycles. The summed E-state index contributed by atoms with van der Waals surface area (Å²) < 4.78 is 5.51. The lowest BCUT2D eigenvalue weighted by molar-refractivity contribution is 0.339. The van der Waals surface area contributed by atoms with Crippen LogP contribution in [0.5, 0.6) is 5.75 Å². The molecule has 17 heavy (non-hydrogen) atoms. The minimum Gasteiger partial charge on any atom is -0.494 e. The lowest BCUT2D eigenvalue weighted by Crippen LogP contribution is -2.32. The average molecular weight is 233 g/mol. The van der Waals surface area contributed by atoms with Gasteiger partial charge >= 0.3 is 0 Å². The van der Waals surface area contributed by atoms with Crippen LogP contribution in [0.3, 0.4) is 0 Å². The highest BCUT2D eigenvalue weighted by atomic mass is 16.5. The van der Waals surface area contributed by atoms with Gasteiger partial charge in [-0.1, -0.05) is 19.1 Å². The van der Waals surface area contributed by atoms with Crippen molar-refractivity contribution < 1.29 is 4.74 Å². The molecule has 1 saturated carbocycles. The molecular formula is C15H23NO. The molecule has 0 aromatic heterocycles. The number of hydrogen-bond acceptors (Lipinski definition) is 2. The molecule has 1 aliphatic carbocycles. The maximum Gasteiger partial charge on any atom is 0.119 e. The molecule has 1 N–H and O–H groups in total. The SMILES string of the molecule is CCOc1cccc(CNC(C)C2(C)CC2)c1. The zero-order valence-electron chi connectivity index (χ0n) is 11.1. The van der Waals surface area contributed by atoms with E-state index in [4.69, 9.17) is 4.74 Å². The first-order chi connectivity index (χ1) is 8.14. The Morgan fingerprint density at radius 2 is 2.18 bits per heavy atom. The molecule has 1 aliphatic rings. The van der Waals surface area contributed by atoms with Gasteiger partial charge in [0.15, 0.2) is 0 Å². The Morgan fingerprint density at radius 1 is 1.41 bits per heavy atom. The standard InChI is InChI=1S/C15H23NO/c1-4-17-14-7-5-6-13(10-14)11-16-12(2)15(3)8-9-15/h5-7,10,12,16H,4,8-9,11H2,1-3H3. The summed E-state index contributed by atoms with van der Waals surface area (Å²) in [5.41, 5.74) is 1.84. The van der Waals surface area contributed by atoms with E-state index in [2.05, 4.69) is 37.4 Å². The molecule has 1 fully saturated rings. The maximum atomic E-state index is 5.51. The van der Waals surface area contributed by atoms with Crippen LogP contribution in [0, 0.1) is 5.41 Å². The Bertz CT molecular complexity index is 371. The fourth-order valence-electron chi connectivity index (χ4n) is 2.06. The summed E-state index contributed by atoms with van der Waals surface area (Å²) in [5.74, 6) is 0.970. The lowest BCUT2D eigenvalue weighted by atomic mass is 10.0. The summed E-state index contributed by atoms with van der Waals surface area (Å²) >= 11 is 0. The molecule has 0 saturated heterocycles. The molecule has 0 amide bonds. The zero-order chi connectivity index (χ0) is 12.3. The van der Waals surface area contributed by atoms with Crippen molar-refractivity contribution in [2.45, 2.75) is 46.2 Å². The van der Waals surface area contributed by atoms with Crippen molar-refractivity contribution in [2.24, 2.45) is 5.41 Å². The molecular weight excluding hydrogens is 210 g/mol. The molecule has 2 heteroatoms. The summed E-state index contributed by atoms with van der Waals surface area (Å²) in [6.45, 7) is 8.32. The highest BCUT2D eigenvalue weighted by Gasteiger charge is 2.42. The molecule has 2 nitrogen and oxygen atoms in total. The fourth-order valence-corrected chi connectivity index (χ4v) is 2.06. The van der Waals surface area contributed by atoms with Crippen LogP contribution in [-0.4, -0.2) is 12.6 Å². The Kier molecular flexibility index (Phi) is 3.72. The summed E-state index contributed by atoms with van der Waals surface area (Å²) in [6.07, 6.45) is 2.72. The van der Waals surface area contributed by atoms with Gasteiger partial charge in [0.1, 0.15) is 5.75 Å². The molecule has 2 rings (SSSR count). The van der Waals surface area contributed by atoms with Gasteiger partial charge < -0.3 is 10.1 Å². The molecule has 0 spiro atoms. The second-order valence-corrected chi connectivity index (χ2v) is 5.34. The van der Waals surface area contributed by atoms with Gasteiger partial charge in [0.2, 0.25) is 0 Å². The quantitative estimate of drug-likeness (QED) is 0.813. The zero-order valence-corrected chi connectivity index (χ0v) is 11.1. The largest absolute Gasteiger partial charge is 0.494 e. The topological polar surface area (TPSA) is 21.3 Å². The van der Waals surface area contributed by atoms with Crippen LogP contribution < -0.4 is 10.1 Å². The first-order valence-electron chi connectivity index (χ1n) is 6.59. The second kappa shape index (κ2) is 5.09. The predicted octanol–water partition coefficient (Wildman–Crippen LogP) is 3.36. The van der Waals surface area contributed by atoms with Gasteiger partial charge in [-0.3, -0.25) is 0 Å². The minimum absolute atomic E-state index is 0.539. The Morgan fingerprint density at radius 3 is 2.82 bits per heavy atom. The molecule has 0 radical (unpaired) electrons. The highest BCUT2D eigenvalue weighted by molar-refractivity contribution is 5.28. The Hall–Kier alpha value is -1.02. The van der Waals surface area contributed by atoms with Crippen molar-refractivity contribution in [3.63, 3.8) is 0 Å². The van der Waals surface area contributed by atoms with Crippen molar-refractivity contribution in [1.29, 1.82) is 0 Å². The van der Waals surface area contributed by atoms with E-state index in [0.29, 0.717) is 11.5 Å². The monoisotopic (exact) mass is 233 g/mol. The number of nitrogens with one attached hydrogen (secondary N) is 1. The van der Waals surface area contributed by atoms with Gasteiger partial charge in [0.25, 0.3) is 0 Å². The molecule has 94 valence electrons. The van der Waals surface area contributed by atoms with E-state index in [-0.39, 0.29) is 0 Å². The van der Waals surface area contributed by atoms with E-state index in [9.17, 15) is 0 Å². The van der Waals surface area contributed by atoms with Crippen LogP contribution in [0.25, 0.3) is 0 Å². The predicted molar refractivity (Wildman–Crippen MR) is 71.3 cm³/mol. The van der Waals surface area contributed by atoms with Crippen LogP contribution in [0.1, 0.15) is 39.2 Å². The van der Waals surface area contributed by atoms with E-state index < -0.39 is 0 Å². The van der Waals surface area contributed by atoms with Crippen molar-refractivity contribution in [3.8, 4) is 5.75 Å². The highest BCUT2D eigenvalue weighted by Crippen LogP contribution is 2.47. The van der Waals surface area contributed by atoms with Crippen LogP contribution in [0.4, 0.5) is 0 Å². The van der Waals surface area contributed by atoms with Gasteiger partial charge in [-0.15, -0.1) is 0 Å². The van der Waals surface area contributed by atoms with Crippen LogP contribution in [-0.2, 0) is 6.54 Å². The van der Waals surface area contributed by atoms with Gasteiger partial charge in [-0.2, -0.15) is 0 Å². The normalized spacial score (nSPS) is 18.8. The Balaban J connectivity index is 1.87. The number of benzene rings is 1. The summed E-state index contributed by atoms with van der Waals surface area (Å²) in [7, 11) is 0. The first kappa shape index (κ1) is 12.4. The van der Waals surface area contributed by atoms with E-state index in [0.717, 1.165) is 18.9 Å². The Labute approximate surface area is 104 Å². The third-order valence-electron chi connectivity index (χ3n) is 3.91. The molecule has 1 atom stereocenters. The second-order valence-electron chi connectivity index (χ2n) is 5.34. The number of hydrogen-bond donors (Lipinski definition) is 1. The first-order valence-corrected chi connectivity index (χ1v) is 6.59. The third-order valence-corrected chi connectivity index (χ3v) is 3.91. The summed E-state index contributed by atoms with van der Waals surface area (Å²) in [4.78, 5) is 0. The molecule has 0 heterocycles. The van der Waals surface area contributed by atoms with Crippen LogP contribution >= 0.6 is 0 Å². The van der Waals surface area contributed by atoms with Crippen molar-refractivity contribution >= 4 is 0 Å². The molecule has 1 aromatic rings. The van der Waals surface area contributed by atoms with Gasteiger partial charge in [-0.25, -0.2) is 0 Å².